The van der Waals surface area contributed by atoms with Crippen LogP contribution in [0.15, 0.2) is 78.9 Å². The molecule has 0 aliphatic rings. The van der Waals surface area contributed by atoms with Crippen LogP contribution in [-0.2, 0) is 13.7 Å². The van der Waals surface area contributed by atoms with Crippen molar-refractivity contribution in [3.8, 4) is 17.0 Å². The van der Waals surface area contributed by atoms with Crippen LogP contribution in [-0.4, -0.2) is 16.5 Å². The quantitative estimate of drug-likeness (QED) is 0.369. The minimum absolute atomic E-state index is 0.183. The molecule has 1 heterocycles. The van der Waals surface area contributed by atoms with Crippen LogP contribution in [0.25, 0.3) is 22.2 Å². The van der Waals surface area contributed by atoms with Crippen molar-refractivity contribution < 1.29 is 22.7 Å². The van der Waals surface area contributed by atoms with Crippen LogP contribution in [0.2, 0.25) is 0 Å². The minimum Gasteiger partial charge on any atom is -0.488 e. The van der Waals surface area contributed by atoms with Crippen molar-refractivity contribution in [3.63, 3.8) is 0 Å². The number of para-hydroxylation sites is 2. The Hall–Kier alpha value is -3.54. The average Bonchev–Trinajstić information content (AvgIpc) is 3.04. The Morgan fingerprint density at radius 1 is 0.900 bits per heavy atom. The molecule has 0 radical (unpaired) electrons. The van der Waals surface area contributed by atoms with Gasteiger partial charge in [-0.2, -0.15) is 13.2 Å². The first-order valence-electron chi connectivity index (χ1n) is 9.33. The third-order valence-corrected chi connectivity index (χ3v) is 4.97. The average molecular weight is 409 g/mol. The summed E-state index contributed by atoms with van der Waals surface area (Å²) in [5.41, 5.74) is 1.71. The number of carbonyl (C=O) groups excluding carboxylic acids is 1. The molecule has 0 aliphatic carbocycles. The molecule has 0 N–H and O–H groups in total. The Morgan fingerprint density at radius 2 is 1.53 bits per heavy atom. The van der Waals surface area contributed by atoms with Gasteiger partial charge in [0.25, 0.3) is 5.78 Å². The number of Topliss-reactive ketones (excluding diaryl/α,β-unsaturated/α-hetero) is 1. The fourth-order valence-electron chi connectivity index (χ4n) is 3.60. The summed E-state index contributed by atoms with van der Waals surface area (Å²) in [4.78, 5) is 12.4. The molecule has 0 spiro atoms. The van der Waals surface area contributed by atoms with Crippen molar-refractivity contribution in [1.29, 1.82) is 0 Å². The van der Waals surface area contributed by atoms with Gasteiger partial charge in [0.2, 0.25) is 0 Å². The smallest absolute Gasteiger partial charge is 0.454 e. The van der Waals surface area contributed by atoms with E-state index < -0.39 is 12.0 Å². The van der Waals surface area contributed by atoms with E-state index in [0.29, 0.717) is 16.8 Å². The molecule has 152 valence electrons. The number of nitrogens with zero attached hydrogens (tertiary/aromatic N) is 1. The van der Waals surface area contributed by atoms with Gasteiger partial charge in [0.15, 0.2) is 0 Å². The summed E-state index contributed by atoms with van der Waals surface area (Å²) in [5.74, 6) is -1.46. The number of ether oxygens (including phenoxy) is 1. The van der Waals surface area contributed by atoms with E-state index in [1.807, 2.05) is 30.3 Å². The fourth-order valence-corrected chi connectivity index (χ4v) is 3.60. The van der Waals surface area contributed by atoms with Crippen LogP contribution in [0.5, 0.6) is 5.75 Å². The molecule has 3 aromatic carbocycles. The Kier molecular flexibility index (Phi) is 5.08. The highest BCUT2D eigenvalue weighted by molar-refractivity contribution is 6.16. The first kappa shape index (κ1) is 19.8. The van der Waals surface area contributed by atoms with Crippen molar-refractivity contribution in [2.75, 3.05) is 0 Å². The third kappa shape index (κ3) is 3.56. The summed E-state index contributed by atoms with van der Waals surface area (Å²) in [6.07, 6.45) is -4.99. The lowest BCUT2D eigenvalue weighted by atomic mass is 10.0. The molecule has 0 saturated heterocycles. The van der Waals surface area contributed by atoms with Crippen LogP contribution >= 0.6 is 0 Å². The zero-order valence-corrected chi connectivity index (χ0v) is 16.1. The molecule has 0 unspecified atom stereocenters. The molecule has 0 saturated carbocycles. The molecule has 1 aromatic heterocycles. The molecular formula is C24H18F3NO2. The largest absolute Gasteiger partial charge is 0.488 e. The Morgan fingerprint density at radius 3 is 2.27 bits per heavy atom. The molecule has 3 nitrogen and oxygen atoms in total. The lowest BCUT2D eigenvalue weighted by molar-refractivity contribution is -0.0883. The highest BCUT2D eigenvalue weighted by Crippen LogP contribution is 2.40. The standard InChI is InChI=1S/C24H18F3NO2/c1-28-19-13-7-5-11-17(19)21(23(29)24(25,26)27)22(28)18-12-6-8-14-20(18)30-15-16-9-3-2-4-10-16/h2-14H,15H2,1H3. The van der Waals surface area contributed by atoms with E-state index in [2.05, 4.69) is 0 Å². The summed E-state index contributed by atoms with van der Waals surface area (Å²) in [7, 11) is 1.65. The van der Waals surface area contributed by atoms with Crippen LogP contribution < -0.4 is 4.74 Å². The van der Waals surface area contributed by atoms with Crippen molar-refractivity contribution in [3.05, 3.63) is 90.0 Å². The lowest BCUT2D eigenvalue weighted by Gasteiger charge is -2.15. The Bertz CT molecular complexity index is 1210. The molecule has 0 amide bonds. The molecule has 0 fully saturated rings. The number of halogens is 3. The monoisotopic (exact) mass is 409 g/mol. The number of benzene rings is 3. The number of hydrogen-bond acceptors (Lipinski definition) is 2. The van der Waals surface area contributed by atoms with Gasteiger partial charge in [-0.3, -0.25) is 4.79 Å². The van der Waals surface area contributed by atoms with Gasteiger partial charge >= 0.3 is 6.18 Å². The van der Waals surface area contributed by atoms with Crippen LogP contribution in [0.4, 0.5) is 13.2 Å². The summed E-state index contributed by atoms with van der Waals surface area (Å²) >= 11 is 0. The molecule has 0 atom stereocenters. The van der Waals surface area contributed by atoms with E-state index in [1.54, 1.807) is 54.1 Å². The zero-order chi connectivity index (χ0) is 21.3. The summed E-state index contributed by atoms with van der Waals surface area (Å²) in [5, 5.41) is 0.259. The van der Waals surface area contributed by atoms with Crippen molar-refractivity contribution in [1.82, 2.24) is 4.57 Å². The molecule has 6 heteroatoms. The van der Waals surface area contributed by atoms with Gasteiger partial charge in [0.05, 0.1) is 11.3 Å². The molecule has 0 bridgehead atoms. The number of aromatic nitrogens is 1. The van der Waals surface area contributed by atoms with Gasteiger partial charge in [0.1, 0.15) is 12.4 Å². The van der Waals surface area contributed by atoms with Crippen molar-refractivity contribution in [2.45, 2.75) is 12.8 Å². The summed E-state index contributed by atoms with van der Waals surface area (Å²) in [6.45, 7) is 0.254. The SMILES string of the molecule is Cn1c(-c2ccccc2OCc2ccccc2)c(C(=O)C(F)(F)F)c2ccccc21. The van der Waals surface area contributed by atoms with Crippen LogP contribution in [0.3, 0.4) is 0 Å². The number of rotatable bonds is 5. The van der Waals surface area contributed by atoms with E-state index in [9.17, 15) is 18.0 Å². The third-order valence-electron chi connectivity index (χ3n) is 4.97. The second-order valence-electron chi connectivity index (χ2n) is 6.90. The maximum Gasteiger partial charge on any atom is 0.454 e. The molecule has 4 aromatic rings. The molecule has 4 rings (SSSR count). The first-order chi connectivity index (χ1) is 14.4. The van der Waals surface area contributed by atoms with Gasteiger partial charge in [0, 0.05) is 23.5 Å². The van der Waals surface area contributed by atoms with E-state index in [1.165, 1.54) is 6.07 Å². The number of hydrogen-bond donors (Lipinski definition) is 0. The first-order valence-corrected chi connectivity index (χ1v) is 9.33. The maximum atomic E-state index is 13.4. The van der Waals surface area contributed by atoms with Crippen molar-refractivity contribution in [2.24, 2.45) is 7.05 Å². The highest BCUT2D eigenvalue weighted by atomic mass is 19.4. The predicted octanol–water partition coefficient (Wildman–Crippen LogP) is 6.17. The van der Waals surface area contributed by atoms with Crippen molar-refractivity contribution >= 4 is 16.7 Å². The molecule has 30 heavy (non-hydrogen) atoms. The number of ketones is 1. The maximum absolute atomic E-state index is 13.4. The second-order valence-corrected chi connectivity index (χ2v) is 6.90. The number of alkyl halides is 3. The summed E-state index contributed by atoms with van der Waals surface area (Å²) < 4.78 is 47.9. The van der Waals surface area contributed by atoms with E-state index >= 15 is 0 Å². The van der Waals surface area contributed by atoms with Gasteiger partial charge in [-0.1, -0.05) is 60.7 Å². The van der Waals surface area contributed by atoms with E-state index in [-0.39, 0.29) is 23.3 Å². The Labute approximate surface area is 171 Å². The minimum atomic E-state index is -4.99. The number of carbonyl (C=O) groups is 1. The molecular weight excluding hydrogens is 391 g/mol. The second kappa shape index (κ2) is 7.71. The van der Waals surface area contributed by atoms with E-state index in [4.69, 9.17) is 4.74 Å². The van der Waals surface area contributed by atoms with E-state index in [0.717, 1.165) is 5.56 Å². The molecule has 0 aliphatic heterocycles. The zero-order valence-electron chi connectivity index (χ0n) is 16.1. The van der Waals surface area contributed by atoms with Crippen LogP contribution in [0, 0.1) is 0 Å². The predicted molar refractivity (Wildman–Crippen MR) is 110 cm³/mol. The summed E-state index contributed by atoms with van der Waals surface area (Å²) in [6, 6.07) is 22.9. The Balaban J connectivity index is 1.88. The highest BCUT2D eigenvalue weighted by Gasteiger charge is 2.43. The lowest BCUT2D eigenvalue weighted by Crippen LogP contribution is -2.23. The van der Waals surface area contributed by atoms with Gasteiger partial charge in [-0.25, -0.2) is 0 Å². The fraction of sp³-hybridized carbons (Fsp3) is 0.125. The van der Waals surface area contributed by atoms with Gasteiger partial charge < -0.3 is 9.30 Å². The van der Waals surface area contributed by atoms with Gasteiger partial charge in [-0.15, -0.1) is 0 Å². The number of fused-ring (bicyclic) bond motifs is 1. The van der Waals surface area contributed by atoms with Gasteiger partial charge in [-0.05, 0) is 23.8 Å². The normalized spacial score (nSPS) is 11.6. The number of aryl methyl sites for hydroxylation is 1. The van der Waals surface area contributed by atoms with Crippen LogP contribution in [0.1, 0.15) is 15.9 Å². The topological polar surface area (TPSA) is 31.2 Å².